The molecule has 1 aromatic rings. The fraction of sp³-hybridized carbons (Fsp3) is 0.538. The Kier molecular flexibility index (Phi) is 4.51. The third-order valence-electron chi connectivity index (χ3n) is 3.24. The van der Waals surface area contributed by atoms with Crippen LogP contribution >= 0.6 is 23.2 Å². The zero-order valence-electron chi connectivity index (χ0n) is 9.33. The van der Waals surface area contributed by atoms with E-state index in [4.69, 9.17) is 23.2 Å². The molecule has 0 aromatic heterocycles. The van der Waals surface area contributed by atoms with Gasteiger partial charge in [0, 0.05) is 16.9 Å². The molecule has 0 spiro atoms. The van der Waals surface area contributed by atoms with Crippen molar-refractivity contribution >= 4 is 23.2 Å². The van der Waals surface area contributed by atoms with Gasteiger partial charge in [-0.1, -0.05) is 36.2 Å². The molecule has 1 aromatic carbocycles. The summed E-state index contributed by atoms with van der Waals surface area (Å²) in [7, 11) is 0. The number of hydrogen-bond donors (Lipinski definition) is 0. The van der Waals surface area contributed by atoms with Crippen LogP contribution in [0.2, 0.25) is 5.02 Å². The van der Waals surface area contributed by atoms with E-state index < -0.39 is 0 Å². The van der Waals surface area contributed by atoms with Crippen LogP contribution in [0.4, 0.5) is 0 Å². The molecule has 2 rings (SSSR count). The van der Waals surface area contributed by atoms with Gasteiger partial charge < -0.3 is 0 Å². The van der Waals surface area contributed by atoms with Crippen molar-refractivity contribution < 1.29 is 0 Å². The Hall–Kier alpha value is -0.240. The normalized spacial score (nSPS) is 19.6. The van der Waals surface area contributed by atoms with Crippen molar-refractivity contribution in [2.24, 2.45) is 0 Å². The van der Waals surface area contributed by atoms with Crippen LogP contribution in [0.1, 0.15) is 30.9 Å². The summed E-state index contributed by atoms with van der Waals surface area (Å²) < 4.78 is 0. The maximum absolute atomic E-state index is 6.23. The van der Waals surface area contributed by atoms with E-state index >= 15 is 0 Å². The Morgan fingerprint density at radius 1 is 1.12 bits per heavy atom. The first-order valence-electron chi connectivity index (χ1n) is 5.87. The summed E-state index contributed by atoms with van der Waals surface area (Å²) in [5.74, 6) is 0.615. The molecule has 3 heteroatoms. The molecule has 1 atom stereocenters. The van der Waals surface area contributed by atoms with Gasteiger partial charge in [0.25, 0.3) is 0 Å². The van der Waals surface area contributed by atoms with Gasteiger partial charge in [-0.15, -0.1) is 11.6 Å². The summed E-state index contributed by atoms with van der Waals surface area (Å²) in [4.78, 5) is 2.46. The van der Waals surface area contributed by atoms with Gasteiger partial charge in [0.2, 0.25) is 0 Å². The number of halogens is 2. The van der Waals surface area contributed by atoms with E-state index in [-0.39, 0.29) is 6.04 Å². The van der Waals surface area contributed by atoms with E-state index in [0.717, 1.165) is 18.1 Å². The number of likely N-dealkylation sites (tertiary alicyclic amines) is 1. The summed E-state index contributed by atoms with van der Waals surface area (Å²) in [5, 5.41) is 0.832. The molecule has 16 heavy (non-hydrogen) atoms. The molecular weight excluding hydrogens is 241 g/mol. The predicted octanol–water partition coefficient (Wildman–Crippen LogP) is 4.11. The highest BCUT2D eigenvalue weighted by Crippen LogP contribution is 2.30. The van der Waals surface area contributed by atoms with E-state index in [1.54, 1.807) is 0 Å². The van der Waals surface area contributed by atoms with E-state index in [9.17, 15) is 0 Å². The van der Waals surface area contributed by atoms with Crippen molar-refractivity contribution in [2.75, 3.05) is 19.0 Å². The maximum atomic E-state index is 6.23. The first-order chi connectivity index (χ1) is 7.83. The van der Waals surface area contributed by atoms with Crippen LogP contribution in [0.3, 0.4) is 0 Å². The quantitative estimate of drug-likeness (QED) is 0.737. The molecule has 1 fully saturated rings. The molecule has 1 unspecified atom stereocenters. The SMILES string of the molecule is ClCC(c1ccccc1Cl)N1CCCCC1. The van der Waals surface area contributed by atoms with E-state index in [1.807, 2.05) is 18.2 Å². The van der Waals surface area contributed by atoms with Crippen LogP contribution in [0, 0.1) is 0 Å². The zero-order valence-corrected chi connectivity index (χ0v) is 10.8. The summed E-state index contributed by atoms with van der Waals surface area (Å²) in [6.45, 7) is 2.28. The topological polar surface area (TPSA) is 3.24 Å². The molecule has 0 amide bonds. The van der Waals surface area contributed by atoms with Crippen molar-refractivity contribution in [1.29, 1.82) is 0 Å². The largest absolute Gasteiger partial charge is 0.295 e. The minimum Gasteiger partial charge on any atom is -0.295 e. The maximum Gasteiger partial charge on any atom is 0.0498 e. The minimum atomic E-state index is 0.274. The van der Waals surface area contributed by atoms with Gasteiger partial charge in [0.15, 0.2) is 0 Å². The number of piperidine rings is 1. The van der Waals surface area contributed by atoms with Gasteiger partial charge in [-0.2, -0.15) is 0 Å². The lowest BCUT2D eigenvalue weighted by molar-refractivity contribution is 0.177. The molecule has 0 aliphatic carbocycles. The molecule has 1 aliphatic rings. The number of hydrogen-bond acceptors (Lipinski definition) is 1. The summed E-state index contributed by atoms with van der Waals surface area (Å²) in [6, 6.07) is 8.30. The first-order valence-corrected chi connectivity index (χ1v) is 6.78. The number of rotatable bonds is 3. The van der Waals surface area contributed by atoms with Crippen molar-refractivity contribution in [2.45, 2.75) is 25.3 Å². The standard InChI is InChI=1S/C13H17Cl2N/c14-10-13(16-8-4-1-5-9-16)11-6-2-3-7-12(11)15/h2-3,6-7,13H,1,4-5,8-10H2. The summed E-state index contributed by atoms with van der Waals surface area (Å²) >= 11 is 12.3. The first kappa shape index (κ1) is 12.2. The Balaban J connectivity index is 2.18. The molecule has 0 bridgehead atoms. The predicted molar refractivity (Wildman–Crippen MR) is 70.3 cm³/mol. The lowest BCUT2D eigenvalue weighted by Gasteiger charge is -2.34. The van der Waals surface area contributed by atoms with Crippen molar-refractivity contribution in [3.05, 3.63) is 34.9 Å². The Morgan fingerprint density at radius 2 is 1.81 bits per heavy atom. The van der Waals surface area contributed by atoms with Gasteiger partial charge >= 0.3 is 0 Å². The Labute approximate surface area is 107 Å². The van der Waals surface area contributed by atoms with Gasteiger partial charge in [-0.3, -0.25) is 4.90 Å². The summed E-state index contributed by atoms with van der Waals surface area (Å²) in [6.07, 6.45) is 3.89. The minimum absolute atomic E-state index is 0.274. The van der Waals surface area contributed by atoms with Crippen molar-refractivity contribution in [1.82, 2.24) is 4.90 Å². The van der Waals surface area contributed by atoms with Crippen LogP contribution in [0.25, 0.3) is 0 Å². The number of alkyl halides is 1. The molecule has 0 saturated carbocycles. The fourth-order valence-electron chi connectivity index (χ4n) is 2.35. The van der Waals surface area contributed by atoms with Crippen molar-refractivity contribution in [3.63, 3.8) is 0 Å². The second kappa shape index (κ2) is 5.90. The van der Waals surface area contributed by atoms with Crippen LogP contribution < -0.4 is 0 Å². The van der Waals surface area contributed by atoms with Crippen LogP contribution in [0.15, 0.2) is 24.3 Å². The highest BCUT2D eigenvalue weighted by Gasteiger charge is 2.22. The third kappa shape index (κ3) is 2.71. The zero-order chi connectivity index (χ0) is 11.4. The average Bonchev–Trinajstić information content (AvgIpc) is 2.34. The van der Waals surface area contributed by atoms with Crippen LogP contribution in [-0.4, -0.2) is 23.9 Å². The van der Waals surface area contributed by atoms with E-state index in [2.05, 4.69) is 11.0 Å². The van der Waals surface area contributed by atoms with E-state index in [0.29, 0.717) is 5.88 Å². The van der Waals surface area contributed by atoms with Gasteiger partial charge in [-0.25, -0.2) is 0 Å². The molecule has 1 saturated heterocycles. The third-order valence-corrected chi connectivity index (χ3v) is 3.88. The molecule has 1 heterocycles. The smallest absolute Gasteiger partial charge is 0.0498 e. The van der Waals surface area contributed by atoms with Gasteiger partial charge in [-0.05, 0) is 37.6 Å². The van der Waals surface area contributed by atoms with E-state index in [1.165, 1.54) is 24.8 Å². The molecule has 1 nitrogen and oxygen atoms in total. The van der Waals surface area contributed by atoms with Crippen LogP contribution in [0.5, 0.6) is 0 Å². The lowest BCUT2D eigenvalue weighted by Crippen LogP contribution is -2.34. The molecule has 0 N–H and O–H groups in total. The fourth-order valence-corrected chi connectivity index (χ4v) is 2.98. The summed E-state index contributed by atoms with van der Waals surface area (Å²) in [5.41, 5.74) is 1.17. The highest BCUT2D eigenvalue weighted by atomic mass is 35.5. The highest BCUT2D eigenvalue weighted by molar-refractivity contribution is 6.31. The number of nitrogens with zero attached hydrogens (tertiary/aromatic N) is 1. The number of benzene rings is 1. The van der Waals surface area contributed by atoms with Gasteiger partial charge in [0.05, 0.1) is 0 Å². The molecule has 1 aliphatic heterocycles. The Morgan fingerprint density at radius 3 is 2.44 bits per heavy atom. The average molecular weight is 258 g/mol. The Bertz CT molecular complexity index is 334. The molecular formula is C13H17Cl2N. The van der Waals surface area contributed by atoms with Crippen molar-refractivity contribution in [3.8, 4) is 0 Å². The molecule has 88 valence electrons. The van der Waals surface area contributed by atoms with Gasteiger partial charge in [0.1, 0.15) is 0 Å². The second-order valence-electron chi connectivity index (χ2n) is 4.29. The van der Waals surface area contributed by atoms with Crippen LogP contribution in [-0.2, 0) is 0 Å². The second-order valence-corrected chi connectivity index (χ2v) is 5.00. The lowest BCUT2D eigenvalue weighted by atomic mass is 10.0. The molecule has 0 radical (unpaired) electrons. The monoisotopic (exact) mass is 257 g/mol.